The van der Waals surface area contributed by atoms with Crippen molar-refractivity contribution in [3.63, 3.8) is 0 Å². The summed E-state index contributed by atoms with van der Waals surface area (Å²) in [6, 6.07) is 5.86. The van der Waals surface area contributed by atoms with Crippen LogP contribution in [0.5, 0.6) is 5.75 Å². The van der Waals surface area contributed by atoms with Crippen molar-refractivity contribution in [1.82, 2.24) is 9.88 Å². The van der Waals surface area contributed by atoms with Crippen LogP contribution in [0.2, 0.25) is 0 Å². The van der Waals surface area contributed by atoms with Crippen LogP contribution in [0.15, 0.2) is 30.6 Å². The highest BCUT2D eigenvalue weighted by molar-refractivity contribution is 5.79. The summed E-state index contributed by atoms with van der Waals surface area (Å²) in [6.07, 6.45) is 11.3. The van der Waals surface area contributed by atoms with E-state index in [1.807, 2.05) is 31.4 Å². The number of hydrogen-bond donors (Lipinski definition) is 2. The van der Waals surface area contributed by atoms with E-state index >= 15 is 0 Å². The quantitative estimate of drug-likeness (QED) is 0.581. The lowest BCUT2D eigenvalue weighted by molar-refractivity contribution is -0.677. The highest BCUT2D eigenvalue weighted by Crippen LogP contribution is 2.38. The minimum absolute atomic E-state index is 0.0270. The highest BCUT2D eigenvalue weighted by Gasteiger charge is 2.20. The van der Waals surface area contributed by atoms with E-state index < -0.39 is 0 Å². The minimum Gasteiger partial charge on any atom is -0.507 e. The number of phenolic OH excluding ortho intramolecular Hbond substituents is 1. The lowest BCUT2D eigenvalue weighted by Crippen LogP contribution is -2.30. The Labute approximate surface area is 162 Å². The molecule has 0 aliphatic heterocycles. The third kappa shape index (κ3) is 4.90. The number of carbonyl (C=O) groups excluding carboxylic acids is 1. The number of hydrogen-bond acceptors (Lipinski definition) is 2. The molecule has 5 heteroatoms. The maximum absolute atomic E-state index is 12.3. The predicted octanol–water partition coefficient (Wildman–Crippen LogP) is 3.12. The molecule has 2 aromatic rings. The van der Waals surface area contributed by atoms with E-state index in [9.17, 15) is 9.90 Å². The molecule has 146 valence electrons. The topological polar surface area (TPSA) is 58.1 Å². The van der Waals surface area contributed by atoms with Crippen molar-refractivity contribution in [3.8, 4) is 5.75 Å². The fourth-order valence-corrected chi connectivity index (χ4v) is 4.04. The Bertz CT molecular complexity index is 776. The number of nitrogens with one attached hydrogen (secondary N) is 1. The molecule has 0 bridgehead atoms. The molecular weight excluding hydrogens is 338 g/mol. The molecule has 0 saturated heterocycles. The number of nitrogens with zero attached hydrogens (tertiary/aromatic N) is 2. The largest absolute Gasteiger partial charge is 0.507 e. The second-order valence-electron chi connectivity index (χ2n) is 7.72. The Kier molecular flexibility index (Phi) is 6.54. The number of benzene rings is 1. The first kappa shape index (κ1) is 19.5. The molecule has 1 amide bonds. The van der Waals surface area contributed by atoms with Crippen LogP contribution in [0.4, 0.5) is 0 Å². The molecule has 1 heterocycles. The van der Waals surface area contributed by atoms with Gasteiger partial charge < -0.3 is 10.4 Å². The number of carbonyl (C=O) groups is 1. The summed E-state index contributed by atoms with van der Waals surface area (Å²) in [4.78, 5) is 12.3. The highest BCUT2D eigenvalue weighted by atomic mass is 16.3. The Morgan fingerprint density at radius 1 is 1.30 bits per heavy atom. The molecule has 1 fully saturated rings. The number of aromatic nitrogens is 2. The molecule has 0 spiro atoms. The fourth-order valence-electron chi connectivity index (χ4n) is 4.04. The van der Waals surface area contributed by atoms with Gasteiger partial charge in [-0.25, -0.2) is 9.13 Å². The smallest absolute Gasteiger partial charge is 0.253 e. The van der Waals surface area contributed by atoms with Gasteiger partial charge in [0, 0.05) is 25.5 Å². The van der Waals surface area contributed by atoms with Crippen LogP contribution >= 0.6 is 0 Å². The average molecular weight is 371 g/mol. The van der Waals surface area contributed by atoms with Gasteiger partial charge in [-0.15, -0.1) is 0 Å². The van der Waals surface area contributed by atoms with E-state index in [2.05, 4.69) is 27.6 Å². The van der Waals surface area contributed by atoms with E-state index in [0.717, 1.165) is 36.9 Å². The van der Waals surface area contributed by atoms with Crippen molar-refractivity contribution >= 4 is 5.91 Å². The molecule has 0 unspecified atom stereocenters. The Hall–Kier alpha value is -2.30. The number of aryl methyl sites for hydroxylation is 2. The van der Waals surface area contributed by atoms with Gasteiger partial charge >= 0.3 is 0 Å². The summed E-state index contributed by atoms with van der Waals surface area (Å²) in [7, 11) is 2.03. The zero-order valence-electron chi connectivity index (χ0n) is 16.6. The summed E-state index contributed by atoms with van der Waals surface area (Å²) < 4.78 is 4.27. The van der Waals surface area contributed by atoms with Gasteiger partial charge in [-0.2, -0.15) is 0 Å². The van der Waals surface area contributed by atoms with Crippen LogP contribution in [-0.4, -0.2) is 22.1 Å². The number of rotatable bonds is 7. The van der Waals surface area contributed by atoms with Crippen molar-refractivity contribution in [2.45, 2.75) is 64.3 Å². The first-order valence-electron chi connectivity index (χ1n) is 10.1. The summed E-state index contributed by atoms with van der Waals surface area (Å²) in [5, 5.41) is 13.6. The third-order valence-electron chi connectivity index (χ3n) is 5.84. The van der Waals surface area contributed by atoms with Crippen LogP contribution in [0.3, 0.4) is 0 Å². The molecule has 1 aliphatic carbocycles. The number of imidazole rings is 1. The first-order valence-corrected chi connectivity index (χ1v) is 10.1. The van der Waals surface area contributed by atoms with Crippen molar-refractivity contribution in [2.24, 2.45) is 7.05 Å². The van der Waals surface area contributed by atoms with E-state index in [4.69, 9.17) is 0 Å². The molecule has 27 heavy (non-hydrogen) atoms. The molecule has 1 saturated carbocycles. The summed E-state index contributed by atoms with van der Waals surface area (Å²) in [5.74, 6) is 1.94. The van der Waals surface area contributed by atoms with Crippen molar-refractivity contribution in [3.05, 3.63) is 47.5 Å². The van der Waals surface area contributed by atoms with Gasteiger partial charge in [0.05, 0.1) is 20.0 Å². The van der Waals surface area contributed by atoms with Crippen molar-refractivity contribution < 1.29 is 14.5 Å². The molecule has 1 aromatic carbocycles. The first-order chi connectivity index (χ1) is 13.1. The van der Waals surface area contributed by atoms with Gasteiger partial charge in [0.2, 0.25) is 5.91 Å². The fraction of sp³-hybridized carbons (Fsp3) is 0.545. The van der Waals surface area contributed by atoms with Crippen LogP contribution < -0.4 is 9.88 Å². The lowest BCUT2D eigenvalue weighted by Gasteiger charge is -2.23. The minimum atomic E-state index is -0.0270. The Morgan fingerprint density at radius 2 is 2.07 bits per heavy atom. The zero-order valence-corrected chi connectivity index (χ0v) is 16.6. The van der Waals surface area contributed by atoms with Gasteiger partial charge in [0.15, 0.2) is 0 Å². The molecule has 3 rings (SSSR count). The maximum Gasteiger partial charge on any atom is 0.253 e. The number of amides is 1. The zero-order chi connectivity index (χ0) is 19.2. The second kappa shape index (κ2) is 9.07. The van der Waals surface area contributed by atoms with Gasteiger partial charge in [-0.1, -0.05) is 37.5 Å². The second-order valence-corrected chi connectivity index (χ2v) is 7.72. The van der Waals surface area contributed by atoms with Gasteiger partial charge in [0.25, 0.3) is 5.82 Å². The number of aromatic hydroxyl groups is 1. The normalized spacial score (nSPS) is 15.0. The van der Waals surface area contributed by atoms with E-state index in [1.165, 1.54) is 25.1 Å². The van der Waals surface area contributed by atoms with Crippen LogP contribution in [-0.2, 0) is 24.8 Å². The van der Waals surface area contributed by atoms with Crippen molar-refractivity contribution in [2.75, 3.05) is 6.54 Å². The SMILES string of the molecule is Cc1n(CCCNC(=O)Cc2cccc(C3CCCCC3)c2O)cc[n+]1C. The molecule has 1 aliphatic rings. The van der Waals surface area contributed by atoms with E-state index in [0.29, 0.717) is 18.2 Å². The number of phenols is 1. The van der Waals surface area contributed by atoms with Gasteiger partial charge in [-0.3, -0.25) is 4.79 Å². The Balaban J connectivity index is 1.49. The molecule has 1 aromatic heterocycles. The van der Waals surface area contributed by atoms with E-state index in [-0.39, 0.29) is 12.3 Å². The van der Waals surface area contributed by atoms with Crippen LogP contribution in [0, 0.1) is 6.92 Å². The Morgan fingerprint density at radius 3 is 2.78 bits per heavy atom. The molecule has 5 nitrogen and oxygen atoms in total. The summed E-state index contributed by atoms with van der Waals surface area (Å²) >= 11 is 0. The predicted molar refractivity (Wildman–Crippen MR) is 106 cm³/mol. The monoisotopic (exact) mass is 370 g/mol. The molecule has 2 N–H and O–H groups in total. The number of para-hydroxylation sites is 1. The lowest BCUT2D eigenvalue weighted by atomic mass is 9.83. The van der Waals surface area contributed by atoms with Gasteiger partial charge in [-0.05, 0) is 24.3 Å². The van der Waals surface area contributed by atoms with Crippen molar-refractivity contribution in [1.29, 1.82) is 0 Å². The molecular formula is C22H32N3O2+. The third-order valence-corrected chi connectivity index (χ3v) is 5.84. The molecule has 0 atom stereocenters. The summed E-state index contributed by atoms with van der Waals surface area (Å²) in [5.41, 5.74) is 1.76. The molecule has 0 radical (unpaired) electrons. The van der Waals surface area contributed by atoms with Gasteiger partial charge in [0.1, 0.15) is 18.1 Å². The summed E-state index contributed by atoms with van der Waals surface area (Å²) in [6.45, 7) is 3.61. The van der Waals surface area contributed by atoms with Crippen LogP contribution in [0.25, 0.3) is 0 Å². The van der Waals surface area contributed by atoms with E-state index in [1.54, 1.807) is 0 Å². The maximum atomic E-state index is 12.3. The standard InChI is InChI=1S/C22H31N3O2/c1-17-24(2)14-15-25(17)13-7-12-23-21(26)16-19-10-6-11-20(22(19)27)18-8-4-3-5-9-18/h6,10-11,14-15,18H,3-5,7-9,12-13,16H2,1-2H3,(H-,23,26,27)/p+1. The average Bonchev–Trinajstić information content (AvgIpc) is 3.00. The van der Waals surface area contributed by atoms with Crippen LogP contribution in [0.1, 0.15) is 61.4 Å².